The van der Waals surface area contributed by atoms with E-state index in [0.717, 1.165) is 96.3 Å². The molecule has 3 saturated heterocycles. The van der Waals surface area contributed by atoms with Crippen molar-refractivity contribution >= 4 is 109 Å². The van der Waals surface area contributed by atoms with Crippen LogP contribution in [0.25, 0.3) is 0 Å². The Hall–Kier alpha value is -10.4. The highest BCUT2D eigenvalue weighted by molar-refractivity contribution is 5.90. The minimum absolute atomic E-state index is 0.0568. The summed E-state index contributed by atoms with van der Waals surface area (Å²) in [5.41, 5.74) is 17.9. The fourth-order valence-electron chi connectivity index (χ4n) is 15.9. The van der Waals surface area contributed by atoms with E-state index in [4.69, 9.17) is 44.4 Å². The number of carbonyl (C=O) groups is 14. The van der Waals surface area contributed by atoms with E-state index in [-0.39, 0.29) is 127 Å². The lowest BCUT2D eigenvalue weighted by atomic mass is 9.81. The number of nitrogens with zero attached hydrogens (tertiary/aromatic N) is 6. The van der Waals surface area contributed by atoms with Crippen LogP contribution in [0.4, 0.5) is 33.6 Å². The van der Waals surface area contributed by atoms with Gasteiger partial charge in [-0.15, -0.1) is 0 Å². The predicted molar refractivity (Wildman–Crippen MR) is 521 cm³/mol. The summed E-state index contributed by atoms with van der Waals surface area (Å²) in [7, 11) is 6.49. The number of hydrazone groups is 4. The highest BCUT2D eigenvalue weighted by atomic mass is 16.6. The lowest BCUT2D eigenvalue weighted by Gasteiger charge is -2.28. The molecule has 0 bridgehead atoms. The van der Waals surface area contributed by atoms with E-state index in [1.165, 1.54) is 35.5 Å². The van der Waals surface area contributed by atoms with Gasteiger partial charge in [-0.1, -0.05) is 27.7 Å². The van der Waals surface area contributed by atoms with E-state index in [1.54, 1.807) is 89.7 Å². The van der Waals surface area contributed by atoms with Crippen molar-refractivity contribution in [1.82, 2.24) is 90.0 Å². The van der Waals surface area contributed by atoms with Crippen molar-refractivity contribution < 1.29 is 106 Å². The summed E-state index contributed by atoms with van der Waals surface area (Å²) in [4.78, 5) is 169. The number of carboxylic acid groups (broad SMARTS) is 2. The Labute approximate surface area is 809 Å². The van der Waals surface area contributed by atoms with Crippen LogP contribution in [0.3, 0.4) is 0 Å². The average Bonchev–Trinajstić information content (AvgIpc) is 1.68. The number of likely N-dealkylation sites (tertiary alicyclic amines) is 2. The van der Waals surface area contributed by atoms with Gasteiger partial charge in [-0.2, -0.15) is 20.4 Å². The summed E-state index contributed by atoms with van der Waals surface area (Å²) in [6.07, 6.45) is 21.3. The third-order valence-corrected chi connectivity index (χ3v) is 23.6. The molecule has 3 heterocycles. The van der Waals surface area contributed by atoms with Crippen molar-refractivity contribution in [1.29, 1.82) is 0 Å². The lowest BCUT2D eigenvalue weighted by molar-refractivity contribution is -0.143. The Morgan fingerprint density at radius 1 is 0.387 bits per heavy atom. The van der Waals surface area contributed by atoms with Gasteiger partial charge in [0.15, 0.2) is 0 Å². The quantitative estimate of drug-likeness (QED) is 0.0176. The van der Waals surface area contributed by atoms with Gasteiger partial charge in [0.1, 0.15) is 28.9 Å². The van der Waals surface area contributed by atoms with Crippen molar-refractivity contribution in [2.75, 3.05) is 93.8 Å². The predicted octanol–water partition coefficient (Wildman–Crippen LogP) is 6.71. The normalized spacial score (nSPS) is 23.9. The zero-order chi connectivity index (χ0) is 103. The third kappa shape index (κ3) is 51.7. The molecule has 45 heteroatoms. The van der Waals surface area contributed by atoms with Crippen molar-refractivity contribution in [3.63, 3.8) is 0 Å². The second-order valence-corrected chi connectivity index (χ2v) is 37.8. The van der Waals surface area contributed by atoms with Crippen LogP contribution < -0.4 is 91.7 Å². The Morgan fingerprint density at radius 3 is 1.00 bits per heavy atom. The number of rotatable bonds is 36. The average molecular weight is 1950 g/mol. The number of aliphatic carboxylic acids is 2. The first-order valence-electron chi connectivity index (χ1n) is 48.7. The standard InChI is InChI=1S/C26H46N6O6.C21H38N6O4.C18H32N4O5.C14H27N5O2.C12H21NO5.CH5N/c1-7-19(15-29-31-24(35)28-14-17-9-11-18(12-10-17)22(33)27-6)30-23(34)21-13-20(37-8-2)16-32(21)25(36)38-26(3,4)5;1-4-16(26-20(29)18-10-17(13-23-18)31-5-2)12-25-27-21(30)24-11-14-6-8-15(9-7-14)19(28)22-3;1-5-14(21-17(26)27-18(2,3)4)11-20-22-16(25)19-10-12-6-8-13(9-7-12)15(23)24;1-3-12(15)9-18-19-14(21)17-8-10-4-6-11(7-5-10)13(20)16-2;1-5-17-8-6-9(10(14)15)13(7-8)11(16)18-12(2,3)4;1-2/h15,17-21H,7-14,16H2,1-6H3,(H,27,33)(H,30,34)(H2,28,31,35);12,14-18,23H,4-11,13H2,1-3H3,(H,22,28)(H,26,29)(H2,24,27,30);11-14H,5-10H2,1-4H3,(H,21,26)(H,23,24)(H2,19,22,25);9-12H,3-8,15H2,1-2H3,(H,16,20)(H2,17,19,21);8-9H,5-7H2,1-4H3,(H,14,15);2H2,1H3/b29-15+;25-12+;20-11+;18-9+;;/t17?,18?,19-,20+,21-;14?,15?,16-,17+,18-;12?,13?,14-;10?,11?,12-;8-,9-;/m00001./s1. The molecular formula is C92H169N23O22. The van der Waals surface area contributed by atoms with Crippen LogP contribution in [-0.2, 0) is 62.0 Å². The fraction of sp³-hybridized carbons (Fsp3) is 0.804. The number of hydrogen-bond donors (Lipinski definition) is 19. The van der Waals surface area contributed by atoms with Gasteiger partial charge in [0, 0.05) is 135 Å². The maximum absolute atomic E-state index is 13.1. The Kier molecular flexibility index (Phi) is 59.3. The molecule has 0 aromatic heterocycles. The minimum atomic E-state index is -1.02. The monoisotopic (exact) mass is 1950 g/mol. The molecule has 0 aromatic carbocycles. The number of carbonyl (C=O) groups excluding carboxylic acids is 12. The van der Waals surface area contributed by atoms with Crippen LogP contribution in [0.5, 0.6) is 0 Å². The van der Waals surface area contributed by atoms with E-state index in [2.05, 4.69) is 106 Å². The van der Waals surface area contributed by atoms with Gasteiger partial charge in [0.05, 0.1) is 61.5 Å². The number of carboxylic acids is 2. The molecule has 3 aliphatic heterocycles. The maximum atomic E-state index is 13.1. The number of alkyl carbamates (subject to hydrolysis) is 1. The molecule has 0 radical (unpaired) electrons. The van der Waals surface area contributed by atoms with Crippen molar-refractivity contribution in [2.45, 2.75) is 336 Å². The molecule has 16 amide bonds. The van der Waals surface area contributed by atoms with E-state index in [0.29, 0.717) is 122 Å². The van der Waals surface area contributed by atoms with Gasteiger partial charge < -0.3 is 109 Å². The number of nitrogens with one attached hydrogen (secondary N) is 15. The first kappa shape index (κ1) is 123. The molecule has 0 unspecified atom stereocenters. The van der Waals surface area contributed by atoms with Crippen LogP contribution in [0.15, 0.2) is 20.4 Å². The molecule has 45 nitrogen and oxygen atoms in total. The van der Waals surface area contributed by atoms with E-state index < -0.39 is 77.2 Å². The van der Waals surface area contributed by atoms with Crippen LogP contribution in [-0.4, -0.2) is 300 Å². The highest BCUT2D eigenvalue weighted by Crippen LogP contribution is 2.33. The molecule has 4 aliphatic carbocycles. The topological polar surface area (TPSA) is 623 Å². The molecular weight excluding hydrogens is 1780 g/mol. The Bertz CT molecular complexity index is 3760. The maximum Gasteiger partial charge on any atom is 0.411 e. The van der Waals surface area contributed by atoms with Gasteiger partial charge >= 0.3 is 54.3 Å². The smallest absolute Gasteiger partial charge is 0.411 e. The van der Waals surface area contributed by atoms with Crippen LogP contribution in [0, 0.1) is 47.3 Å². The van der Waals surface area contributed by atoms with Crippen molar-refractivity contribution in [3.8, 4) is 0 Å². The molecule has 10 atom stereocenters. The van der Waals surface area contributed by atoms with Gasteiger partial charge in [-0.3, -0.25) is 38.6 Å². The zero-order valence-electron chi connectivity index (χ0n) is 84.9. The molecule has 7 aliphatic rings. The van der Waals surface area contributed by atoms with Crippen molar-refractivity contribution in [3.05, 3.63) is 0 Å². The molecule has 4 saturated carbocycles. The number of nitrogens with two attached hydrogens (primary N) is 2. The number of ether oxygens (including phenoxy) is 6. The van der Waals surface area contributed by atoms with Gasteiger partial charge in [0.25, 0.3) is 0 Å². The number of amides is 16. The Morgan fingerprint density at radius 2 is 0.693 bits per heavy atom. The molecule has 21 N–H and O–H groups in total. The summed E-state index contributed by atoms with van der Waals surface area (Å²) in [5.74, 6) is -0.435. The lowest BCUT2D eigenvalue weighted by Crippen LogP contribution is -2.50. The molecule has 0 spiro atoms. The molecule has 7 rings (SSSR count). The van der Waals surface area contributed by atoms with E-state index in [9.17, 15) is 67.1 Å². The van der Waals surface area contributed by atoms with Crippen LogP contribution in [0.1, 0.15) is 258 Å². The van der Waals surface area contributed by atoms with Gasteiger partial charge in [0.2, 0.25) is 29.5 Å². The van der Waals surface area contributed by atoms with Gasteiger partial charge in [-0.25, -0.2) is 60.1 Å². The number of hydrogen-bond acceptors (Lipinski definition) is 27. The van der Waals surface area contributed by atoms with Crippen LogP contribution >= 0.6 is 0 Å². The first-order chi connectivity index (χ1) is 64.8. The molecule has 0 aromatic rings. The highest BCUT2D eigenvalue weighted by Gasteiger charge is 2.44. The van der Waals surface area contributed by atoms with Crippen LogP contribution in [0.2, 0.25) is 0 Å². The second-order valence-electron chi connectivity index (χ2n) is 37.8. The van der Waals surface area contributed by atoms with Crippen molar-refractivity contribution in [2.24, 2.45) is 79.2 Å². The van der Waals surface area contributed by atoms with Gasteiger partial charge in [-0.05, 0) is 249 Å². The summed E-state index contributed by atoms with van der Waals surface area (Å²) in [6, 6.07) is -4.59. The molecule has 784 valence electrons. The number of urea groups is 4. The molecule has 137 heavy (non-hydrogen) atoms. The van der Waals surface area contributed by atoms with E-state index >= 15 is 0 Å². The largest absolute Gasteiger partial charge is 0.481 e. The summed E-state index contributed by atoms with van der Waals surface area (Å²) in [6.45, 7) is 34.2. The minimum Gasteiger partial charge on any atom is -0.481 e. The van der Waals surface area contributed by atoms with E-state index in [1.807, 2.05) is 48.5 Å². The Balaban J connectivity index is 0.000000589. The summed E-state index contributed by atoms with van der Waals surface area (Å²) < 4.78 is 32.5. The SMILES string of the molecule is CCO[C@@H]1C[C@@H](C(=O)N[C@H](/C=N/NC(=O)NCC2CCC(C(=O)NC)CC2)CC)N(C(=O)OC(C)(C)C)C1.CCO[C@@H]1C[C@H](C(=O)O)N(C(=O)OC(C)(C)C)C1.CCO[C@H]1CN[C@H](C(=O)N[C@H](/C=N/NC(=O)NCC2CCC(C(=O)NC)CC2)CC)C1.CC[C@@H](/C=N/NC(=O)NCC1CCC(C(=O)O)CC1)NC(=O)OC(C)(C)C.CC[C@H](N)/C=N/NC(=O)NCC1CCC(C(=O)NC)CC1.CN. The molecule has 7 fully saturated rings. The fourth-order valence-corrected chi connectivity index (χ4v) is 15.9. The summed E-state index contributed by atoms with van der Waals surface area (Å²) in [5, 5.41) is 64.7. The first-order valence-corrected chi connectivity index (χ1v) is 48.7. The zero-order valence-corrected chi connectivity index (χ0v) is 84.9. The third-order valence-electron chi connectivity index (χ3n) is 23.6. The second kappa shape index (κ2) is 66.2. The summed E-state index contributed by atoms with van der Waals surface area (Å²) >= 11 is 0.